The number of nitrogens with two attached hydrogens (primary N) is 1. The Hall–Kier alpha value is -1.88. The summed E-state index contributed by atoms with van der Waals surface area (Å²) in [5.74, 6) is -1.77. The van der Waals surface area contributed by atoms with E-state index in [9.17, 15) is 14.7 Å². The van der Waals surface area contributed by atoms with E-state index in [4.69, 9.17) is 5.73 Å². The smallest absolute Gasteiger partial charge is 0.329 e. The number of carbonyl (C=O) groups is 2. The molecule has 1 aliphatic carbocycles. The van der Waals surface area contributed by atoms with Crippen LogP contribution in [0.4, 0.5) is 0 Å². The predicted octanol–water partition coefficient (Wildman–Crippen LogP) is 0.852. The molecule has 5 nitrogen and oxygen atoms in total. The maximum atomic E-state index is 12.2. The van der Waals surface area contributed by atoms with Crippen LogP contribution in [-0.4, -0.2) is 29.1 Å². The van der Waals surface area contributed by atoms with Crippen molar-refractivity contribution >= 4 is 11.9 Å². The summed E-state index contributed by atoms with van der Waals surface area (Å²) in [5.41, 5.74) is 5.38. The van der Waals surface area contributed by atoms with Crippen molar-refractivity contribution in [3.05, 3.63) is 35.9 Å². The minimum atomic E-state index is -1.08. The van der Waals surface area contributed by atoms with Crippen molar-refractivity contribution in [2.24, 2.45) is 5.73 Å². The summed E-state index contributed by atoms with van der Waals surface area (Å²) < 4.78 is 0. The van der Waals surface area contributed by atoms with Crippen molar-refractivity contribution in [2.75, 3.05) is 6.54 Å². The molecule has 0 aromatic heterocycles. The van der Waals surface area contributed by atoms with Crippen LogP contribution >= 0.6 is 0 Å². The molecule has 1 amide bonds. The van der Waals surface area contributed by atoms with Crippen molar-refractivity contribution in [1.29, 1.82) is 0 Å². The molecule has 5 heteroatoms. The summed E-state index contributed by atoms with van der Waals surface area (Å²) >= 11 is 0. The van der Waals surface area contributed by atoms with E-state index < -0.39 is 17.4 Å². The molecule has 1 aromatic carbocycles. The molecule has 1 aromatic rings. The summed E-state index contributed by atoms with van der Waals surface area (Å²) in [4.78, 5) is 23.5. The Labute approximate surface area is 111 Å². The normalized spacial score (nSPS) is 18.2. The molecule has 19 heavy (non-hydrogen) atoms. The van der Waals surface area contributed by atoms with Gasteiger partial charge in [0.15, 0.2) is 0 Å². The van der Waals surface area contributed by atoms with Gasteiger partial charge in [0.1, 0.15) is 5.54 Å². The molecule has 102 valence electrons. The van der Waals surface area contributed by atoms with E-state index in [-0.39, 0.29) is 12.5 Å². The zero-order valence-electron chi connectivity index (χ0n) is 10.6. The number of amides is 1. The van der Waals surface area contributed by atoms with Gasteiger partial charge in [-0.2, -0.15) is 0 Å². The van der Waals surface area contributed by atoms with Crippen molar-refractivity contribution in [1.82, 2.24) is 5.32 Å². The SMILES string of the molecule is NCC(C(=O)NC1(C(=O)O)CCC1)c1ccccc1. The molecule has 1 saturated carbocycles. The van der Waals surface area contributed by atoms with Gasteiger partial charge in [0.25, 0.3) is 0 Å². The topological polar surface area (TPSA) is 92.4 Å². The van der Waals surface area contributed by atoms with Gasteiger partial charge in [0, 0.05) is 6.54 Å². The number of benzene rings is 1. The zero-order chi connectivity index (χ0) is 13.9. The lowest BCUT2D eigenvalue weighted by Crippen LogP contribution is -2.60. The Kier molecular flexibility index (Phi) is 3.85. The highest BCUT2D eigenvalue weighted by Crippen LogP contribution is 2.32. The molecular weight excluding hydrogens is 244 g/mol. The molecule has 4 N–H and O–H groups in total. The fourth-order valence-electron chi connectivity index (χ4n) is 2.33. The lowest BCUT2D eigenvalue weighted by Gasteiger charge is -2.39. The summed E-state index contributed by atoms with van der Waals surface area (Å²) in [6.45, 7) is 0.158. The van der Waals surface area contributed by atoms with Crippen LogP contribution in [0.1, 0.15) is 30.7 Å². The molecule has 1 aliphatic rings. The minimum Gasteiger partial charge on any atom is -0.480 e. The second-order valence-corrected chi connectivity index (χ2v) is 4.93. The second-order valence-electron chi connectivity index (χ2n) is 4.93. The van der Waals surface area contributed by atoms with Crippen LogP contribution in [0.25, 0.3) is 0 Å². The summed E-state index contributed by atoms with van der Waals surface area (Å²) in [7, 11) is 0. The lowest BCUT2D eigenvalue weighted by atomic mass is 9.76. The Morgan fingerprint density at radius 2 is 1.95 bits per heavy atom. The monoisotopic (exact) mass is 262 g/mol. The van der Waals surface area contributed by atoms with Gasteiger partial charge in [-0.05, 0) is 24.8 Å². The number of carboxylic acids is 1. The average Bonchev–Trinajstić information content (AvgIpc) is 2.35. The number of rotatable bonds is 5. The van der Waals surface area contributed by atoms with Gasteiger partial charge in [-0.15, -0.1) is 0 Å². The standard InChI is InChI=1S/C14H18N2O3/c15-9-11(10-5-2-1-3-6-10)12(17)16-14(13(18)19)7-4-8-14/h1-3,5-6,11H,4,7-9,15H2,(H,16,17)(H,18,19). The van der Waals surface area contributed by atoms with Crippen LogP contribution in [0, 0.1) is 0 Å². The number of carbonyl (C=O) groups excluding carboxylic acids is 1. The first-order valence-electron chi connectivity index (χ1n) is 6.39. The van der Waals surface area contributed by atoms with E-state index >= 15 is 0 Å². The Bertz CT molecular complexity index is 469. The van der Waals surface area contributed by atoms with Crippen LogP contribution in [0.5, 0.6) is 0 Å². The summed E-state index contributed by atoms with van der Waals surface area (Å²) in [6, 6.07) is 9.18. The quantitative estimate of drug-likeness (QED) is 0.733. The van der Waals surface area contributed by atoms with Gasteiger partial charge in [-0.3, -0.25) is 4.79 Å². The lowest BCUT2D eigenvalue weighted by molar-refractivity contribution is -0.152. The van der Waals surface area contributed by atoms with Crippen LogP contribution in [-0.2, 0) is 9.59 Å². The van der Waals surface area contributed by atoms with E-state index in [1.54, 1.807) is 0 Å². The zero-order valence-corrected chi connectivity index (χ0v) is 10.6. The van der Waals surface area contributed by atoms with E-state index in [2.05, 4.69) is 5.32 Å². The first-order valence-corrected chi connectivity index (χ1v) is 6.39. The number of nitrogens with one attached hydrogen (secondary N) is 1. The fraction of sp³-hybridized carbons (Fsp3) is 0.429. The average molecular weight is 262 g/mol. The summed E-state index contributed by atoms with van der Waals surface area (Å²) in [6.07, 6.45) is 1.80. The summed E-state index contributed by atoms with van der Waals surface area (Å²) in [5, 5.41) is 11.9. The highest BCUT2D eigenvalue weighted by molar-refractivity contribution is 5.91. The van der Waals surface area contributed by atoms with E-state index in [0.29, 0.717) is 12.8 Å². The number of hydrogen-bond donors (Lipinski definition) is 3. The van der Waals surface area contributed by atoms with E-state index in [0.717, 1.165) is 12.0 Å². The fourth-order valence-corrected chi connectivity index (χ4v) is 2.33. The van der Waals surface area contributed by atoms with Gasteiger partial charge in [0.05, 0.1) is 5.92 Å². The molecule has 0 aliphatic heterocycles. The van der Waals surface area contributed by atoms with Crippen LogP contribution in [0.15, 0.2) is 30.3 Å². The third-order valence-electron chi connectivity index (χ3n) is 3.73. The second kappa shape index (κ2) is 5.40. The molecular formula is C14H18N2O3. The molecule has 0 saturated heterocycles. The Morgan fingerprint density at radius 3 is 2.37 bits per heavy atom. The number of hydrogen-bond acceptors (Lipinski definition) is 3. The van der Waals surface area contributed by atoms with Gasteiger partial charge in [-0.1, -0.05) is 30.3 Å². The largest absolute Gasteiger partial charge is 0.480 e. The predicted molar refractivity (Wildman–Crippen MR) is 70.6 cm³/mol. The van der Waals surface area contributed by atoms with Crippen LogP contribution in [0.3, 0.4) is 0 Å². The minimum absolute atomic E-state index is 0.158. The van der Waals surface area contributed by atoms with Crippen molar-refractivity contribution in [2.45, 2.75) is 30.7 Å². The first kappa shape index (κ1) is 13.5. The maximum Gasteiger partial charge on any atom is 0.329 e. The molecule has 0 bridgehead atoms. The third kappa shape index (κ3) is 2.61. The highest BCUT2D eigenvalue weighted by atomic mass is 16.4. The molecule has 1 atom stereocenters. The Balaban J connectivity index is 2.12. The molecule has 0 spiro atoms. The van der Waals surface area contributed by atoms with Gasteiger partial charge < -0.3 is 16.2 Å². The maximum absolute atomic E-state index is 12.2. The molecule has 0 heterocycles. The molecule has 1 fully saturated rings. The van der Waals surface area contributed by atoms with Crippen LogP contribution in [0.2, 0.25) is 0 Å². The van der Waals surface area contributed by atoms with Crippen LogP contribution < -0.4 is 11.1 Å². The van der Waals surface area contributed by atoms with E-state index in [1.807, 2.05) is 30.3 Å². The van der Waals surface area contributed by atoms with Gasteiger partial charge >= 0.3 is 5.97 Å². The molecule has 0 radical (unpaired) electrons. The van der Waals surface area contributed by atoms with Crippen molar-refractivity contribution in [3.8, 4) is 0 Å². The third-order valence-corrected chi connectivity index (χ3v) is 3.73. The van der Waals surface area contributed by atoms with Crippen molar-refractivity contribution in [3.63, 3.8) is 0 Å². The van der Waals surface area contributed by atoms with E-state index in [1.165, 1.54) is 0 Å². The highest BCUT2D eigenvalue weighted by Gasteiger charge is 2.46. The van der Waals surface area contributed by atoms with Crippen molar-refractivity contribution < 1.29 is 14.7 Å². The first-order chi connectivity index (χ1) is 9.09. The molecule has 1 unspecified atom stereocenters. The van der Waals surface area contributed by atoms with Gasteiger partial charge in [0.2, 0.25) is 5.91 Å². The number of carboxylic acid groups (broad SMARTS) is 1. The Morgan fingerprint density at radius 1 is 1.32 bits per heavy atom. The van der Waals surface area contributed by atoms with Gasteiger partial charge in [-0.25, -0.2) is 4.79 Å². The number of aliphatic carboxylic acids is 1. The molecule has 2 rings (SSSR count).